The molecular weight excluding hydrogens is 289 g/mol. The molecule has 0 saturated carbocycles. The minimum absolute atomic E-state index is 0. The second-order valence-corrected chi connectivity index (χ2v) is 3.76. The van der Waals surface area contributed by atoms with Crippen LogP contribution in [0.4, 0.5) is 18.9 Å². The molecule has 19 heavy (non-hydrogen) atoms. The van der Waals surface area contributed by atoms with Gasteiger partial charge in [0.1, 0.15) is 5.75 Å². The molecule has 0 aliphatic carbocycles. The summed E-state index contributed by atoms with van der Waals surface area (Å²) in [6.45, 7) is 0. The van der Waals surface area contributed by atoms with Gasteiger partial charge >= 0.3 is 6.18 Å². The largest absolute Gasteiger partial charge is 0.508 e. The lowest BCUT2D eigenvalue weighted by Crippen LogP contribution is -2.16. The first-order valence-electron chi connectivity index (χ1n) is 5.00. The number of non-ortho nitro benzene ring substituents is 1. The van der Waals surface area contributed by atoms with Crippen LogP contribution in [0.3, 0.4) is 0 Å². The number of hydrogen-bond donors (Lipinski definition) is 2. The third kappa shape index (κ3) is 5.31. The first-order valence-corrected chi connectivity index (χ1v) is 5.00. The molecular formula is C10H12ClF3N2O3. The lowest BCUT2D eigenvalue weighted by molar-refractivity contribution is -0.385. The Balaban J connectivity index is 0.00000324. The number of hydrogen-bond acceptors (Lipinski definition) is 4. The minimum atomic E-state index is -4.35. The second kappa shape index (κ2) is 6.58. The van der Waals surface area contributed by atoms with E-state index < -0.39 is 30.0 Å². The maximum atomic E-state index is 12.0. The van der Waals surface area contributed by atoms with Crippen LogP contribution in [0.1, 0.15) is 24.4 Å². The fourth-order valence-electron chi connectivity index (χ4n) is 1.43. The minimum Gasteiger partial charge on any atom is -0.508 e. The maximum Gasteiger partial charge on any atom is 0.389 e. The number of phenols is 1. The molecule has 0 aliphatic rings. The molecule has 0 saturated heterocycles. The van der Waals surface area contributed by atoms with E-state index >= 15 is 0 Å². The van der Waals surface area contributed by atoms with Crippen molar-refractivity contribution in [1.82, 2.24) is 0 Å². The average molecular weight is 301 g/mol. The van der Waals surface area contributed by atoms with E-state index in [-0.39, 0.29) is 29.4 Å². The molecule has 108 valence electrons. The zero-order chi connectivity index (χ0) is 13.9. The summed E-state index contributed by atoms with van der Waals surface area (Å²) in [4.78, 5) is 9.80. The standard InChI is InChI=1S/C10H11F3N2O3.ClH/c11-10(12,13)4-3-8(14)7-5-6(15(17)18)1-2-9(7)16;/h1-2,5,8,16H,3-4,14H2;1H/t8-;/m0./s1. The third-order valence-corrected chi connectivity index (χ3v) is 2.36. The van der Waals surface area contributed by atoms with E-state index in [1.165, 1.54) is 0 Å². The van der Waals surface area contributed by atoms with Gasteiger partial charge < -0.3 is 10.8 Å². The normalized spacial score (nSPS) is 12.6. The monoisotopic (exact) mass is 300 g/mol. The quantitative estimate of drug-likeness (QED) is 0.660. The summed E-state index contributed by atoms with van der Waals surface area (Å²) < 4.78 is 36.0. The van der Waals surface area contributed by atoms with Crippen LogP contribution in [0.15, 0.2) is 18.2 Å². The molecule has 0 fully saturated rings. The van der Waals surface area contributed by atoms with Crippen LogP contribution in [-0.2, 0) is 0 Å². The fourth-order valence-corrected chi connectivity index (χ4v) is 1.43. The van der Waals surface area contributed by atoms with Gasteiger partial charge in [-0.2, -0.15) is 13.2 Å². The Kier molecular flexibility index (Phi) is 6.04. The van der Waals surface area contributed by atoms with Crippen molar-refractivity contribution < 1.29 is 23.2 Å². The van der Waals surface area contributed by atoms with Crippen molar-refractivity contribution in [2.24, 2.45) is 5.73 Å². The summed E-state index contributed by atoms with van der Waals surface area (Å²) in [5.74, 6) is -0.352. The Morgan fingerprint density at radius 3 is 2.47 bits per heavy atom. The van der Waals surface area contributed by atoms with E-state index in [4.69, 9.17) is 5.73 Å². The summed E-state index contributed by atoms with van der Waals surface area (Å²) in [6, 6.07) is 1.97. The van der Waals surface area contributed by atoms with Crippen LogP contribution < -0.4 is 5.73 Å². The van der Waals surface area contributed by atoms with Gasteiger partial charge in [0.05, 0.1) is 4.92 Å². The molecule has 0 aromatic heterocycles. The van der Waals surface area contributed by atoms with E-state index in [1.54, 1.807) is 0 Å². The molecule has 0 unspecified atom stereocenters. The molecule has 0 amide bonds. The van der Waals surface area contributed by atoms with E-state index in [2.05, 4.69) is 0 Å². The van der Waals surface area contributed by atoms with Crippen molar-refractivity contribution in [3.8, 4) is 5.75 Å². The molecule has 0 spiro atoms. The lowest BCUT2D eigenvalue weighted by atomic mass is 10.0. The van der Waals surface area contributed by atoms with Crippen molar-refractivity contribution in [3.63, 3.8) is 0 Å². The molecule has 5 nitrogen and oxygen atoms in total. The number of nitrogens with two attached hydrogens (primary N) is 1. The first kappa shape index (κ1) is 17.5. The number of aromatic hydroxyl groups is 1. The highest BCUT2D eigenvalue weighted by Crippen LogP contribution is 2.32. The smallest absolute Gasteiger partial charge is 0.389 e. The van der Waals surface area contributed by atoms with Gasteiger partial charge in [-0.05, 0) is 12.5 Å². The van der Waals surface area contributed by atoms with Gasteiger partial charge in [-0.3, -0.25) is 10.1 Å². The number of nitro benzene ring substituents is 1. The van der Waals surface area contributed by atoms with Crippen LogP contribution in [-0.4, -0.2) is 16.2 Å². The summed E-state index contributed by atoms with van der Waals surface area (Å²) >= 11 is 0. The van der Waals surface area contributed by atoms with Crippen LogP contribution >= 0.6 is 12.4 Å². The Hall–Kier alpha value is -1.54. The van der Waals surface area contributed by atoms with E-state index in [9.17, 15) is 28.4 Å². The molecule has 1 rings (SSSR count). The van der Waals surface area contributed by atoms with Crippen LogP contribution in [0.5, 0.6) is 5.75 Å². The van der Waals surface area contributed by atoms with Gasteiger partial charge in [0, 0.05) is 30.2 Å². The van der Waals surface area contributed by atoms with Crippen molar-refractivity contribution in [2.45, 2.75) is 25.1 Å². The molecule has 0 aliphatic heterocycles. The molecule has 0 heterocycles. The van der Waals surface area contributed by atoms with Crippen molar-refractivity contribution >= 4 is 18.1 Å². The van der Waals surface area contributed by atoms with Gasteiger partial charge in [0.2, 0.25) is 0 Å². The van der Waals surface area contributed by atoms with E-state index in [0.717, 1.165) is 18.2 Å². The number of rotatable bonds is 4. The van der Waals surface area contributed by atoms with E-state index in [0.29, 0.717) is 0 Å². The Bertz CT molecular complexity index is 454. The molecule has 1 aromatic rings. The predicted octanol–water partition coefficient (Wildman–Crippen LogP) is 3.06. The van der Waals surface area contributed by atoms with Gasteiger partial charge in [-0.1, -0.05) is 0 Å². The Morgan fingerprint density at radius 1 is 1.42 bits per heavy atom. The van der Waals surface area contributed by atoms with Gasteiger partial charge in [-0.15, -0.1) is 12.4 Å². The summed E-state index contributed by atoms with van der Waals surface area (Å²) in [5, 5.41) is 19.9. The number of phenolic OH excluding ortho intramolecular Hbond substituents is 1. The molecule has 1 aromatic carbocycles. The summed E-state index contributed by atoms with van der Waals surface area (Å²) in [5.41, 5.74) is 5.10. The van der Waals surface area contributed by atoms with Gasteiger partial charge in [0.25, 0.3) is 5.69 Å². The maximum absolute atomic E-state index is 12.0. The lowest BCUT2D eigenvalue weighted by Gasteiger charge is -2.14. The first-order chi connectivity index (χ1) is 8.20. The fraction of sp³-hybridized carbons (Fsp3) is 0.400. The number of nitrogens with zero attached hydrogens (tertiary/aromatic N) is 1. The molecule has 9 heteroatoms. The summed E-state index contributed by atoms with van der Waals surface area (Å²) in [7, 11) is 0. The molecule has 1 atom stereocenters. The molecule has 0 radical (unpaired) electrons. The van der Waals surface area contributed by atoms with Gasteiger partial charge in [-0.25, -0.2) is 0 Å². The van der Waals surface area contributed by atoms with Crippen LogP contribution in [0.2, 0.25) is 0 Å². The zero-order valence-corrected chi connectivity index (χ0v) is 10.4. The average Bonchev–Trinajstić information content (AvgIpc) is 2.25. The van der Waals surface area contributed by atoms with Crippen LogP contribution in [0.25, 0.3) is 0 Å². The van der Waals surface area contributed by atoms with Crippen molar-refractivity contribution in [1.29, 1.82) is 0 Å². The highest BCUT2D eigenvalue weighted by molar-refractivity contribution is 5.85. The second-order valence-electron chi connectivity index (χ2n) is 3.76. The Labute approximate surface area is 112 Å². The van der Waals surface area contributed by atoms with Crippen molar-refractivity contribution in [3.05, 3.63) is 33.9 Å². The number of nitro groups is 1. The number of alkyl halides is 3. The third-order valence-electron chi connectivity index (χ3n) is 2.36. The van der Waals surface area contributed by atoms with Crippen molar-refractivity contribution in [2.75, 3.05) is 0 Å². The number of benzene rings is 1. The van der Waals surface area contributed by atoms with E-state index in [1.807, 2.05) is 0 Å². The highest BCUT2D eigenvalue weighted by atomic mass is 35.5. The highest BCUT2D eigenvalue weighted by Gasteiger charge is 2.28. The number of halogens is 4. The SMILES string of the molecule is Cl.N[C@@H](CCC(F)(F)F)c1cc([N+](=O)[O-])ccc1O. The van der Waals surface area contributed by atoms with Crippen LogP contribution in [0, 0.1) is 10.1 Å². The zero-order valence-electron chi connectivity index (χ0n) is 9.55. The van der Waals surface area contributed by atoms with Gasteiger partial charge in [0.15, 0.2) is 0 Å². The summed E-state index contributed by atoms with van der Waals surface area (Å²) in [6.07, 6.45) is -5.91. The predicted molar refractivity (Wildman–Crippen MR) is 64.2 cm³/mol. The molecule has 0 bridgehead atoms. The Morgan fingerprint density at radius 2 is 2.00 bits per heavy atom. The molecule has 3 N–H and O–H groups in total. The topological polar surface area (TPSA) is 89.4 Å².